The number of alkyl halides is 6. The molecule has 0 radical (unpaired) electrons. The van der Waals surface area contributed by atoms with Crippen molar-refractivity contribution in [2.45, 2.75) is 31.1 Å². The van der Waals surface area contributed by atoms with Gasteiger partial charge in [-0.15, -0.1) is 0 Å². The lowest BCUT2D eigenvalue weighted by atomic mass is 9.93. The first-order valence-electron chi connectivity index (χ1n) is 8.76. The molecule has 158 valence electrons. The standard InChI is InChI=1S/C20H19F6NO2/c21-19(22,23)16-10-15(11-17(12-16)20(24,25)26)18(29)27-8-6-14(7-9-28)13-4-2-1-3-5-13/h1-5,10-12,14,28H,6-9H2,(H,27,29). The fourth-order valence-corrected chi connectivity index (χ4v) is 2.91. The van der Waals surface area contributed by atoms with Crippen LogP contribution in [-0.4, -0.2) is 24.2 Å². The molecule has 3 nitrogen and oxygen atoms in total. The van der Waals surface area contributed by atoms with Gasteiger partial charge in [-0.05, 0) is 42.5 Å². The predicted octanol–water partition coefficient (Wildman–Crippen LogP) is 5.01. The van der Waals surface area contributed by atoms with Crippen LogP contribution in [0.3, 0.4) is 0 Å². The molecule has 1 atom stereocenters. The van der Waals surface area contributed by atoms with Gasteiger partial charge in [0.15, 0.2) is 0 Å². The van der Waals surface area contributed by atoms with Crippen LogP contribution < -0.4 is 5.32 Å². The maximum Gasteiger partial charge on any atom is 0.416 e. The SMILES string of the molecule is O=C(NCCC(CCO)c1ccccc1)c1cc(C(F)(F)F)cc(C(F)(F)F)c1. The summed E-state index contributed by atoms with van der Waals surface area (Å²) in [6.45, 7) is -0.0773. The second kappa shape index (κ2) is 9.30. The van der Waals surface area contributed by atoms with Crippen LogP contribution in [0.15, 0.2) is 48.5 Å². The molecule has 2 aromatic carbocycles. The summed E-state index contributed by atoms with van der Waals surface area (Å²) in [5, 5.41) is 11.6. The van der Waals surface area contributed by atoms with Gasteiger partial charge < -0.3 is 10.4 Å². The van der Waals surface area contributed by atoms with Crippen molar-refractivity contribution in [1.29, 1.82) is 0 Å². The molecule has 0 saturated carbocycles. The molecule has 0 fully saturated rings. The van der Waals surface area contributed by atoms with Gasteiger partial charge in [0.2, 0.25) is 0 Å². The molecule has 9 heteroatoms. The third-order valence-electron chi connectivity index (χ3n) is 4.38. The Morgan fingerprint density at radius 1 is 0.897 bits per heavy atom. The summed E-state index contributed by atoms with van der Waals surface area (Å²) >= 11 is 0. The molecule has 0 spiro atoms. The molecule has 0 aliphatic rings. The molecule has 2 aromatic rings. The minimum absolute atomic E-state index is 0.0238. The molecule has 0 aliphatic heterocycles. The van der Waals surface area contributed by atoms with Crippen LogP contribution in [0.1, 0.15) is 45.8 Å². The molecule has 1 amide bonds. The topological polar surface area (TPSA) is 49.3 Å². The normalized spacial score (nSPS) is 13.2. The lowest BCUT2D eigenvalue weighted by Crippen LogP contribution is -2.27. The molecule has 0 aromatic heterocycles. The van der Waals surface area contributed by atoms with Gasteiger partial charge in [0.1, 0.15) is 0 Å². The number of carbonyl (C=O) groups is 1. The van der Waals surface area contributed by atoms with E-state index in [-0.39, 0.29) is 25.1 Å². The van der Waals surface area contributed by atoms with E-state index in [0.29, 0.717) is 25.0 Å². The van der Waals surface area contributed by atoms with Crippen LogP contribution >= 0.6 is 0 Å². The van der Waals surface area contributed by atoms with Gasteiger partial charge in [-0.1, -0.05) is 30.3 Å². The smallest absolute Gasteiger partial charge is 0.396 e. The molecule has 0 aliphatic carbocycles. The Morgan fingerprint density at radius 2 is 1.45 bits per heavy atom. The van der Waals surface area contributed by atoms with Crippen molar-refractivity contribution in [3.05, 3.63) is 70.8 Å². The van der Waals surface area contributed by atoms with Gasteiger partial charge in [0, 0.05) is 18.7 Å². The van der Waals surface area contributed by atoms with Crippen molar-refractivity contribution in [3.8, 4) is 0 Å². The number of nitrogens with one attached hydrogen (secondary N) is 1. The Morgan fingerprint density at radius 3 is 1.93 bits per heavy atom. The monoisotopic (exact) mass is 419 g/mol. The Hall–Kier alpha value is -2.55. The van der Waals surface area contributed by atoms with Gasteiger partial charge in [0.25, 0.3) is 5.91 Å². The highest BCUT2D eigenvalue weighted by Crippen LogP contribution is 2.36. The molecule has 0 heterocycles. The van der Waals surface area contributed by atoms with Crippen LogP contribution in [0.2, 0.25) is 0 Å². The zero-order chi connectivity index (χ0) is 21.7. The number of aliphatic hydroxyl groups excluding tert-OH is 1. The summed E-state index contributed by atoms with van der Waals surface area (Å²) in [6, 6.07) is 9.87. The number of rotatable bonds is 7. The van der Waals surface area contributed by atoms with E-state index >= 15 is 0 Å². The first kappa shape index (κ1) is 22.7. The van der Waals surface area contributed by atoms with E-state index in [0.717, 1.165) is 5.56 Å². The van der Waals surface area contributed by atoms with E-state index in [1.165, 1.54) is 0 Å². The van der Waals surface area contributed by atoms with E-state index in [1.807, 2.05) is 18.2 Å². The van der Waals surface area contributed by atoms with Gasteiger partial charge in [-0.25, -0.2) is 0 Å². The third kappa shape index (κ3) is 6.49. The van der Waals surface area contributed by atoms with Gasteiger partial charge >= 0.3 is 12.4 Å². The highest BCUT2D eigenvalue weighted by molar-refractivity contribution is 5.94. The molecule has 1 unspecified atom stereocenters. The lowest BCUT2D eigenvalue weighted by Gasteiger charge is -2.17. The molecule has 0 saturated heterocycles. The van der Waals surface area contributed by atoms with Crippen LogP contribution in [0.25, 0.3) is 0 Å². The van der Waals surface area contributed by atoms with Crippen molar-refractivity contribution < 1.29 is 36.2 Å². The summed E-state index contributed by atoms with van der Waals surface area (Å²) in [6.07, 6.45) is -9.27. The van der Waals surface area contributed by atoms with Crippen molar-refractivity contribution in [2.24, 2.45) is 0 Å². The maximum absolute atomic E-state index is 12.9. The van der Waals surface area contributed by atoms with Gasteiger partial charge in [0.05, 0.1) is 11.1 Å². The molecular weight excluding hydrogens is 400 g/mol. The minimum Gasteiger partial charge on any atom is -0.396 e. The predicted molar refractivity (Wildman–Crippen MR) is 94.3 cm³/mol. The van der Waals surface area contributed by atoms with Crippen LogP contribution in [0, 0.1) is 0 Å². The van der Waals surface area contributed by atoms with Crippen LogP contribution in [0.4, 0.5) is 26.3 Å². The first-order chi connectivity index (χ1) is 13.5. The number of hydrogen-bond donors (Lipinski definition) is 2. The largest absolute Gasteiger partial charge is 0.416 e. The maximum atomic E-state index is 12.9. The number of carbonyl (C=O) groups excluding carboxylic acids is 1. The summed E-state index contributed by atoms with van der Waals surface area (Å²) in [4.78, 5) is 12.2. The number of halogens is 6. The summed E-state index contributed by atoms with van der Waals surface area (Å²) < 4.78 is 77.4. The fraction of sp³-hybridized carbons (Fsp3) is 0.350. The fourth-order valence-electron chi connectivity index (χ4n) is 2.91. The van der Waals surface area contributed by atoms with Crippen molar-refractivity contribution >= 4 is 5.91 Å². The van der Waals surface area contributed by atoms with Gasteiger partial charge in [-0.2, -0.15) is 26.3 Å². The number of amides is 1. The summed E-state index contributed by atoms with van der Waals surface area (Å²) in [7, 11) is 0. The van der Waals surface area contributed by atoms with E-state index in [9.17, 15) is 36.2 Å². The van der Waals surface area contributed by atoms with E-state index in [2.05, 4.69) is 5.32 Å². The number of aliphatic hydroxyl groups is 1. The molecule has 0 bridgehead atoms. The second-order valence-corrected chi connectivity index (χ2v) is 6.46. The molecule has 2 rings (SSSR count). The first-order valence-corrected chi connectivity index (χ1v) is 8.76. The van der Waals surface area contributed by atoms with Crippen LogP contribution in [0.5, 0.6) is 0 Å². The number of benzene rings is 2. The molecule has 2 N–H and O–H groups in total. The average molecular weight is 419 g/mol. The highest BCUT2D eigenvalue weighted by atomic mass is 19.4. The third-order valence-corrected chi connectivity index (χ3v) is 4.38. The quantitative estimate of drug-likeness (QED) is 0.620. The average Bonchev–Trinajstić information content (AvgIpc) is 2.66. The van der Waals surface area contributed by atoms with Crippen molar-refractivity contribution in [1.82, 2.24) is 5.32 Å². The zero-order valence-corrected chi connectivity index (χ0v) is 15.1. The van der Waals surface area contributed by atoms with E-state index < -0.39 is 35.0 Å². The van der Waals surface area contributed by atoms with Crippen molar-refractivity contribution in [2.75, 3.05) is 13.2 Å². The highest BCUT2D eigenvalue weighted by Gasteiger charge is 2.37. The number of hydrogen-bond acceptors (Lipinski definition) is 2. The Bertz CT molecular complexity index is 786. The van der Waals surface area contributed by atoms with Crippen molar-refractivity contribution in [3.63, 3.8) is 0 Å². The van der Waals surface area contributed by atoms with Crippen LogP contribution in [-0.2, 0) is 12.4 Å². The Kier molecular flexibility index (Phi) is 7.29. The Labute approximate surface area is 163 Å². The minimum atomic E-state index is -5.02. The summed E-state index contributed by atoms with van der Waals surface area (Å²) in [5.74, 6) is -1.15. The van der Waals surface area contributed by atoms with E-state index in [1.54, 1.807) is 12.1 Å². The van der Waals surface area contributed by atoms with Gasteiger partial charge in [-0.3, -0.25) is 4.79 Å². The van der Waals surface area contributed by atoms with E-state index in [4.69, 9.17) is 0 Å². The second-order valence-electron chi connectivity index (χ2n) is 6.46. The molecule has 29 heavy (non-hydrogen) atoms. The Balaban J connectivity index is 2.13. The summed E-state index contributed by atoms with van der Waals surface area (Å²) in [5.41, 5.74) is -2.89. The molecular formula is C20H19F6NO2. The lowest BCUT2D eigenvalue weighted by molar-refractivity contribution is -0.143. The zero-order valence-electron chi connectivity index (χ0n) is 15.1.